The third-order valence-electron chi connectivity index (χ3n) is 3.33. The summed E-state index contributed by atoms with van der Waals surface area (Å²) >= 11 is 5.82. The van der Waals surface area contributed by atoms with Gasteiger partial charge in [-0.25, -0.2) is 0 Å². The highest BCUT2D eigenvalue weighted by Gasteiger charge is 2.15. The van der Waals surface area contributed by atoms with Crippen molar-refractivity contribution in [1.82, 2.24) is 5.32 Å². The first-order chi connectivity index (χ1) is 8.60. The van der Waals surface area contributed by atoms with Gasteiger partial charge in [0.15, 0.2) is 0 Å². The lowest BCUT2D eigenvalue weighted by Crippen LogP contribution is -2.32. The van der Waals surface area contributed by atoms with Gasteiger partial charge in [0.05, 0.1) is 11.1 Å². The molecule has 0 aromatic heterocycles. The van der Waals surface area contributed by atoms with Gasteiger partial charge in [0.1, 0.15) is 5.75 Å². The highest BCUT2D eigenvalue weighted by molar-refractivity contribution is 6.32. The van der Waals surface area contributed by atoms with Gasteiger partial charge in [0.2, 0.25) is 0 Å². The molecule has 1 aromatic carbocycles. The second-order valence-electron chi connectivity index (χ2n) is 4.52. The first-order valence-corrected chi connectivity index (χ1v) is 6.83. The van der Waals surface area contributed by atoms with E-state index in [4.69, 9.17) is 11.6 Å². The van der Waals surface area contributed by atoms with Crippen LogP contribution in [0.1, 0.15) is 32.3 Å². The van der Waals surface area contributed by atoms with Crippen molar-refractivity contribution >= 4 is 11.6 Å². The number of nitrogens with one attached hydrogen (secondary N) is 1. The van der Waals surface area contributed by atoms with E-state index in [1.54, 1.807) is 12.1 Å². The van der Waals surface area contributed by atoms with Gasteiger partial charge in [-0.15, -0.1) is 0 Å². The minimum atomic E-state index is -0.346. The maximum atomic E-state index is 9.96. The Morgan fingerprint density at radius 2 is 1.94 bits per heavy atom. The third-order valence-corrected chi connectivity index (χ3v) is 3.64. The Morgan fingerprint density at radius 1 is 1.28 bits per heavy atom. The zero-order valence-corrected chi connectivity index (χ0v) is 11.7. The topological polar surface area (TPSA) is 52.5 Å². The number of rotatable bonds is 7. The molecule has 1 atom stereocenters. The Hall–Kier alpha value is -0.770. The second kappa shape index (κ2) is 7.62. The zero-order valence-electron chi connectivity index (χ0n) is 11.0. The summed E-state index contributed by atoms with van der Waals surface area (Å²) in [5, 5.41) is 23.2. The van der Waals surface area contributed by atoms with Crippen LogP contribution in [0.5, 0.6) is 5.75 Å². The average molecular weight is 272 g/mol. The summed E-state index contributed by atoms with van der Waals surface area (Å²) in [6, 6.07) is 5.27. The van der Waals surface area contributed by atoms with Crippen molar-refractivity contribution < 1.29 is 10.2 Å². The van der Waals surface area contributed by atoms with E-state index in [-0.39, 0.29) is 11.9 Å². The number of halogens is 1. The predicted octanol–water partition coefficient (Wildman–Crippen LogP) is 2.93. The van der Waals surface area contributed by atoms with E-state index in [2.05, 4.69) is 19.2 Å². The minimum Gasteiger partial charge on any atom is -0.506 e. The zero-order chi connectivity index (χ0) is 13.5. The lowest BCUT2D eigenvalue weighted by atomic mass is 9.96. The summed E-state index contributed by atoms with van der Waals surface area (Å²) in [7, 11) is 0. The Balaban J connectivity index is 2.44. The van der Waals surface area contributed by atoms with Crippen LogP contribution < -0.4 is 5.32 Å². The van der Waals surface area contributed by atoms with Crippen LogP contribution in [0.25, 0.3) is 0 Å². The monoisotopic (exact) mass is 271 g/mol. The molecular formula is C14H22ClNO2. The Bertz CT molecular complexity index is 367. The molecule has 0 saturated carbocycles. The Kier molecular flexibility index (Phi) is 6.47. The lowest BCUT2D eigenvalue weighted by molar-refractivity contribution is 0.101. The molecule has 0 aliphatic rings. The fraction of sp³-hybridized carbons (Fsp3) is 0.571. The SMILES string of the molecule is CCC(CC)C(O)CNCc1cccc(Cl)c1O. The van der Waals surface area contributed by atoms with Gasteiger partial charge >= 0.3 is 0 Å². The number of aliphatic hydroxyl groups excluding tert-OH is 1. The van der Waals surface area contributed by atoms with Crippen molar-refractivity contribution in [3.05, 3.63) is 28.8 Å². The number of phenols is 1. The molecule has 1 unspecified atom stereocenters. The van der Waals surface area contributed by atoms with Gasteiger partial charge in [-0.05, 0) is 12.0 Å². The average Bonchev–Trinajstić information content (AvgIpc) is 2.36. The number of phenolic OH excluding ortho intramolecular Hbond substituents is 1. The van der Waals surface area contributed by atoms with E-state index in [9.17, 15) is 10.2 Å². The molecule has 0 fully saturated rings. The Labute approximate surface area is 114 Å². The standard InChI is InChI=1S/C14H22ClNO2/c1-3-10(4-2)13(17)9-16-8-11-6-5-7-12(15)14(11)18/h5-7,10,13,16-18H,3-4,8-9H2,1-2H3. The van der Waals surface area contributed by atoms with Crippen LogP contribution in [-0.2, 0) is 6.54 Å². The molecule has 0 heterocycles. The van der Waals surface area contributed by atoms with Crippen molar-refractivity contribution in [3.63, 3.8) is 0 Å². The van der Waals surface area contributed by atoms with Gasteiger partial charge in [0, 0.05) is 18.7 Å². The van der Waals surface area contributed by atoms with E-state index in [1.807, 2.05) is 6.07 Å². The normalized spacial score (nSPS) is 12.9. The smallest absolute Gasteiger partial charge is 0.138 e. The van der Waals surface area contributed by atoms with Crippen molar-refractivity contribution in [2.45, 2.75) is 39.3 Å². The van der Waals surface area contributed by atoms with Crippen LogP contribution >= 0.6 is 11.6 Å². The molecule has 3 N–H and O–H groups in total. The number of hydrogen-bond donors (Lipinski definition) is 3. The summed E-state index contributed by atoms with van der Waals surface area (Å²) in [6.45, 7) is 5.20. The highest BCUT2D eigenvalue weighted by atomic mass is 35.5. The molecule has 0 aliphatic carbocycles. The van der Waals surface area contributed by atoms with Crippen molar-refractivity contribution in [2.75, 3.05) is 6.54 Å². The van der Waals surface area contributed by atoms with E-state index < -0.39 is 0 Å². The lowest BCUT2D eigenvalue weighted by Gasteiger charge is -2.20. The van der Waals surface area contributed by atoms with E-state index >= 15 is 0 Å². The molecule has 1 aromatic rings. The van der Waals surface area contributed by atoms with Crippen molar-refractivity contribution in [2.24, 2.45) is 5.92 Å². The molecule has 0 spiro atoms. The second-order valence-corrected chi connectivity index (χ2v) is 4.93. The number of aliphatic hydroxyl groups is 1. The highest BCUT2D eigenvalue weighted by Crippen LogP contribution is 2.26. The number of para-hydroxylation sites is 1. The summed E-state index contributed by atoms with van der Waals surface area (Å²) in [4.78, 5) is 0. The van der Waals surface area contributed by atoms with Crippen LogP contribution in [-0.4, -0.2) is 22.9 Å². The van der Waals surface area contributed by atoms with Crippen LogP contribution in [0, 0.1) is 5.92 Å². The molecule has 3 nitrogen and oxygen atoms in total. The molecule has 4 heteroatoms. The molecule has 18 heavy (non-hydrogen) atoms. The molecular weight excluding hydrogens is 250 g/mol. The van der Waals surface area contributed by atoms with Gasteiger partial charge in [-0.1, -0.05) is 50.4 Å². The van der Waals surface area contributed by atoms with Crippen molar-refractivity contribution in [1.29, 1.82) is 0 Å². The molecule has 0 radical (unpaired) electrons. The minimum absolute atomic E-state index is 0.115. The maximum absolute atomic E-state index is 9.96. The summed E-state index contributed by atoms with van der Waals surface area (Å²) in [5.74, 6) is 0.439. The predicted molar refractivity (Wildman–Crippen MR) is 74.9 cm³/mol. The summed E-state index contributed by atoms with van der Waals surface area (Å²) in [5.41, 5.74) is 0.749. The molecule has 0 aliphatic heterocycles. The third kappa shape index (κ3) is 4.16. The van der Waals surface area contributed by atoms with Crippen LogP contribution in [0.2, 0.25) is 5.02 Å². The molecule has 0 bridgehead atoms. The Morgan fingerprint density at radius 3 is 2.56 bits per heavy atom. The maximum Gasteiger partial charge on any atom is 0.138 e. The quantitative estimate of drug-likeness (QED) is 0.715. The van der Waals surface area contributed by atoms with Gasteiger partial charge < -0.3 is 15.5 Å². The van der Waals surface area contributed by atoms with E-state index in [0.29, 0.717) is 24.0 Å². The van der Waals surface area contributed by atoms with E-state index in [0.717, 1.165) is 18.4 Å². The van der Waals surface area contributed by atoms with Crippen LogP contribution in [0.4, 0.5) is 0 Å². The fourth-order valence-corrected chi connectivity index (χ4v) is 2.25. The first kappa shape index (κ1) is 15.3. The molecule has 0 amide bonds. The fourth-order valence-electron chi connectivity index (χ4n) is 2.06. The number of aromatic hydroxyl groups is 1. The van der Waals surface area contributed by atoms with E-state index in [1.165, 1.54) is 0 Å². The largest absolute Gasteiger partial charge is 0.506 e. The van der Waals surface area contributed by atoms with Crippen LogP contribution in [0.15, 0.2) is 18.2 Å². The van der Waals surface area contributed by atoms with Crippen LogP contribution in [0.3, 0.4) is 0 Å². The summed E-state index contributed by atoms with van der Waals surface area (Å²) in [6.07, 6.45) is 1.60. The number of hydrogen-bond acceptors (Lipinski definition) is 3. The van der Waals surface area contributed by atoms with Gasteiger partial charge in [-0.3, -0.25) is 0 Å². The molecule has 102 valence electrons. The van der Waals surface area contributed by atoms with Gasteiger partial charge in [0.25, 0.3) is 0 Å². The molecule has 1 rings (SSSR count). The first-order valence-electron chi connectivity index (χ1n) is 6.45. The molecule has 0 saturated heterocycles. The van der Waals surface area contributed by atoms with Gasteiger partial charge in [-0.2, -0.15) is 0 Å². The number of benzene rings is 1. The van der Waals surface area contributed by atoms with Crippen molar-refractivity contribution in [3.8, 4) is 5.75 Å². The summed E-state index contributed by atoms with van der Waals surface area (Å²) < 4.78 is 0.